The van der Waals surface area contributed by atoms with E-state index in [0.29, 0.717) is 18.7 Å². The summed E-state index contributed by atoms with van der Waals surface area (Å²) in [6.45, 7) is 4.38. The molecule has 1 aliphatic rings. The molecule has 5 nitrogen and oxygen atoms in total. The van der Waals surface area contributed by atoms with Crippen molar-refractivity contribution in [2.45, 2.75) is 37.6 Å². The summed E-state index contributed by atoms with van der Waals surface area (Å²) < 4.78 is 40.0. The minimum Gasteiger partial charge on any atom is -0.341 e. The van der Waals surface area contributed by atoms with E-state index in [2.05, 4.69) is 4.72 Å². The van der Waals surface area contributed by atoms with Gasteiger partial charge in [-0.2, -0.15) is 4.72 Å². The van der Waals surface area contributed by atoms with E-state index in [1.165, 1.54) is 19.9 Å². The fourth-order valence-electron chi connectivity index (χ4n) is 2.47. The molecule has 1 saturated heterocycles. The number of rotatable bonds is 4. The topological polar surface area (TPSA) is 66.5 Å². The predicted molar refractivity (Wildman–Crippen MR) is 76.7 cm³/mol. The first kappa shape index (κ1) is 15.9. The van der Waals surface area contributed by atoms with Gasteiger partial charge in [0.2, 0.25) is 15.9 Å². The van der Waals surface area contributed by atoms with Crippen molar-refractivity contribution in [3.63, 3.8) is 0 Å². The molecule has 1 amide bonds. The van der Waals surface area contributed by atoms with Gasteiger partial charge in [-0.25, -0.2) is 12.8 Å². The van der Waals surface area contributed by atoms with Crippen molar-refractivity contribution in [1.82, 2.24) is 9.62 Å². The van der Waals surface area contributed by atoms with Crippen molar-refractivity contribution >= 4 is 15.9 Å². The van der Waals surface area contributed by atoms with Crippen LogP contribution in [0.5, 0.6) is 0 Å². The number of nitrogens with one attached hydrogen (secondary N) is 1. The molecule has 1 aromatic carbocycles. The maximum absolute atomic E-state index is 13.1. The number of benzene rings is 1. The Bertz CT molecular complexity index is 640. The number of nitrogens with zero attached hydrogens (tertiary/aromatic N) is 1. The van der Waals surface area contributed by atoms with Gasteiger partial charge >= 0.3 is 0 Å². The fraction of sp³-hybridized carbons (Fsp3) is 0.500. The second kappa shape index (κ2) is 6.11. The van der Waals surface area contributed by atoms with Crippen LogP contribution in [-0.2, 0) is 14.8 Å². The van der Waals surface area contributed by atoms with Crippen molar-refractivity contribution in [3.05, 3.63) is 29.6 Å². The number of amides is 1. The zero-order valence-electron chi connectivity index (χ0n) is 12.1. The summed E-state index contributed by atoms with van der Waals surface area (Å²) in [5.74, 6) is -0.719. The van der Waals surface area contributed by atoms with Crippen LogP contribution in [0.1, 0.15) is 25.3 Å². The van der Waals surface area contributed by atoms with Crippen LogP contribution in [-0.4, -0.2) is 38.4 Å². The fourth-order valence-corrected chi connectivity index (χ4v) is 3.90. The Labute approximate surface area is 124 Å². The first-order valence-corrected chi connectivity index (χ1v) is 8.37. The van der Waals surface area contributed by atoms with E-state index in [4.69, 9.17) is 0 Å². The van der Waals surface area contributed by atoms with E-state index < -0.39 is 21.9 Å². The molecule has 21 heavy (non-hydrogen) atoms. The molecule has 1 aliphatic heterocycles. The molecular weight excluding hydrogens is 295 g/mol. The SMILES string of the molecule is Cc1cc(F)ccc1S(=O)(=O)N[C@@H](C)C(=O)N1CCCC1. The number of carbonyl (C=O) groups is 1. The average molecular weight is 314 g/mol. The van der Waals surface area contributed by atoms with Gasteiger partial charge < -0.3 is 4.90 Å². The van der Waals surface area contributed by atoms with Gasteiger partial charge in [-0.05, 0) is 50.5 Å². The molecule has 2 rings (SSSR count). The number of hydrogen-bond acceptors (Lipinski definition) is 3. The molecule has 0 spiro atoms. The number of carbonyl (C=O) groups excluding carboxylic acids is 1. The third-order valence-corrected chi connectivity index (χ3v) is 5.25. The van der Waals surface area contributed by atoms with Gasteiger partial charge in [-0.3, -0.25) is 4.79 Å². The van der Waals surface area contributed by atoms with Crippen molar-refractivity contribution in [2.75, 3.05) is 13.1 Å². The van der Waals surface area contributed by atoms with Crippen LogP contribution in [0.4, 0.5) is 4.39 Å². The molecule has 0 bridgehead atoms. The van der Waals surface area contributed by atoms with Crippen molar-refractivity contribution < 1.29 is 17.6 Å². The summed E-state index contributed by atoms with van der Waals surface area (Å²) in [5.41, 5.74) is 0.309. The maximum Gasteiger partial charge on any atom is 0.241 e. The van der Waals surface area contributed by atoms with E-state index in [-0.39, 0.29) is 10.8 Å². The zero-order chi connectivity index (χ0) is 15.6. The second-order valence-electron chi connectivity index (χ2n) is 5.29. The monoisotopic (exact) mass is 314 g/mol. The molecule has 1 heterocycles. The first-order chi connectivity index (χ1) is 9.81. The molecule has 1 fully saturated rings. The molecule has 0 radical (unpaired) electrons. The standard InChI is InChI=1S/C14H19FN2O3S/c1-10-9-12(15)5-6-13(10)21(19,20)16-11(2)14(18)17-7-3-4-8-17/h5-6,9,11,16H,3-4,7-8H2,1-2H3/t11-/m0/s1. The summed E-state index contributed by atoms with van der Waals surface area (Å²) in [4.78, 5) is 13.8. The largest absolute Gasteiger partial charge is 0.341 e. The lowest BCUT2D eigenvalue weighted by atomic mass is 10.2. The summed E-state index contributed by atoms with van der Waals surface area (Å²) in [6, 6.07) is 2.62. The summed E-state index contributed by atoms with van der Waals surface area (Å²) in [5, 5.41) is 0. The van der Waals surface area contributed by atoms with Crippen LogP contribution in [0.3, 0.4) is 0 Å². The van der Waals surface area contributed by atoms with E-state index in [1.54, 1.807) is 4.90 Å². The van der Waals surface area contributed by atoms with Gasteiger partial charge in [0.1, 0.15) is 5.82 Å². The Morgan fingerprint density at radius 2 is 1.95 bits per heavy atom. The van der Waals surface area contributed by atoms with Crippen molar-refractivity contribution in [3.8, 4) is 0 Å². The molecule has 1 atom stereocenters. The van der Waals surface area contributed by atoms with E-state index in [0.717, 1.165) is 25.0 Å². The molecule has 0 aromatic heterocycles. The molecule has 7 heteroatoms. The quantitative estimate of drug-likeness (QED) is 0.914. The molecular formula is C14H19FN2O3S. The zero-order valence-corrected chi connectivity index (χ0v) is 12.9. The Kier molecular flexibility index (Phi) is 4.63. The molecule has 0 aliphatic carbocycles. The third-order valence-electron chi connectivity index (χ3n) is 3.55. The minimum absolute atomic E-state index is 0.00929. The average Bonchev–Trinajstić information content (AvgIpc) is 2.90. The second-order valence-corrected chi connectivity index (χ2v) is 6.97. The number of sulfonamides is 1. The molecule has 116 valence electrons. The highest BCUT2D eigenvalue weighted by Gasteiger charge is 2.28. The number of hydrogen-bond donors (Lipinski definition) is 1. The number of aryl methyl sites for hydroxylation is 1. The summed E-state index contributed by atoms with van der Waals surface area (Å²) in [7, 11) is -3.85. The van der Waals surface area contributed by atoms with E-state index in [9.17, 15) is 17.6 Å². The summed E-state index contributed by atoms with van der Waals surface area (Å²) in [6.07, 6.45) is 1.89. The first-order valence-electron chi connectivity index (χ1n) is 6.88. The minimum atomic E-state index is -3.85. The Morgan fingerprint density at radius 1 is 1.33 bits per heavy atom. The van der Waals surface area contributed by atoms with Crippen LogP contribution in [0.2, 0.25) is 0 Å². The predicted octanol–water partition coefficient (Wildman–Crippen LogP) is 1.42. The molecule has 0 saturated carbocycles. The number of halogens is 1. The lowest BCUT2D eigenvalue weighted by Gasteiger charge is -2.21. The van der Waals surface area contributed by atoms with E-state index in [1.807, 2.05) is 0 Å². The van der Waals surface area contributed by atoms with Gasteiger partial charge in [0.15, 0.2) is 0 Å². The van der Waals surface area contributed by atoms with Crippen LogP contribution < -0.4 is 4.72 Å². The normalized spacial score (nSPS) is 17.0. The molecule has 1 N–H and O–H groups in total. The van der Waals surface area contributed by atoms with Crippen LogP contribution in [0, 0.1) is 12.7 Å². The Morgan fingerprint density at radius 3 is 2.52 bits per heavy atom. The molecule has 1 aromatic rings. The van der Waals surface area contributed by atoms with Crippen molar-refractivity contribution in [2.24, 2.45) is 0 Å². The van der Waals surface area contributed by atoms with E-state index >= 15 is 0 Å². The lowest BCUT2D eigenvalue weighted by Crippen LogP contribution is -2.45. The highest BCUT2D eigenvalue weighted by atomic mass is 32.2. The smallest absolute Gasteiger partial charge is 0.241 e. The lowest BCUT2D eigenvalue weighted by molar-refractivity contribution is -0.131. The van der Waals surface area contributed by atoms with Gasteiger partial charge in [0, 0.05) is 13.1 Å². The number of likely N-dealkylation sites (tertiary alicyclic amines) is 1. The molecule has 0 unspecified atom stereocenters. The summed E-state index contributed by atoms with van der Waals surface area (Å²) >= 11 is 0. The van der Waals surface area contributed by atoms with Crippen molar-refractivity contribution in [1.29, 1.82) is 0 Å². The van der Waals surface area contributed by atoms with Crippen LogP contribution in [0.15, 0.2) is 23.1 Å². The third kappa shape index (κ3) is 3.59. The van der Waals surface area contributed by atoms with Gasteiger partial charge in [-0.15, -0.1) is 0 Å². The van der Waals surface area contributed by atoms with Crippen LogP contribution in [0.25, 0.3) is 0 Å². The Balaban J connectivity index is 2.14. The van der Waals surface area contributed by atoms with Gasteiger partial charge in [-0.1, -0.05) is 0 Å². The highest BCUT2D eigenvalue weighted by molar-refractivity contribution is 7.89. The maximum atomic E-state index is 13.1. The Hall–Kier alpha value is -1.47. The van der Waals surface area contributed by atoms with Gasteiger partial charge in [0.05, 0.1) is 10.9 Å². The van der Waals surface area contributed by atoms with Crippen LogP contribution >= 0.6 is 0 Å². The highest BCUT2D eigenvalue weighted by Crippen LogP contribution is 2.17. The van der Waals surface area contributed by atoms with Gasteiger partial charge in [0.25, 0.3) is 0 Å².